The largest absolute Gasteiger partial charge is 0.376 e. The normalized spacial score (nSPS) is 29.1. The molecule has 1 rings (SSSR count). The number of ketones is 1. The second-order valence-corrected chi connectivity index (χ2v) is 4.21. The number of morpholine rings is 1. The molecule has 1 aliphatic rings. The number of hydrogen-bond acceptors (Lipinski definition) is 3. The minimum Gasteiger partial charge on any atom is -0.376 e. The Labute approximate surface area is 86.4 Å². The van der Waals surface area contributed by atoms with E-state index in [0.29, 0.717) is 24.8 Å². The van der Waals surface area contributed by atoms with Crippen LogP contribution in [0, 0.1) is 0 Å². The maximum Gasteiger partial charge on any atom is 0.146 e. The summed E-state index contributed by atoms with van der Waals surface area (Å²) in [5.74, 6) is 0.355. The SMILES string of the molecule is CCCC(=O)CN1CC(C)OCC1C. The number of carbonyl (C=O) groups excluding carboxylic acids is 1. The number of ether oxygens (including phenoxy) is 1. The van der Waals surface area contributed by atoms with Crippen LogP contribution in [0.1, 0.15) is 33.6 Å². The molecule has 0 bridgehead atoms. The summed E-state index contributed by atoms with van der Waals surface area (Å²) in [5.41, 5.74) is 0. The summed E-state index contributed by atoms with van der Waals surface area (Å²) in [6.45, 7) is 8.46. The second kappa shape index (κ2) is 5.47. The molecular weight excluding hydrogens is 178 g/mol. The fourth-order valence-electron chi connectivity index (χ4n) is 1.78. The van der Waals surface area contributed by atoms with Crippen molar-refractivity contribution in [3.8, 4) is 0 Å². The number of carbonyl (C=O) groups is 1. The first kappa shape index (κ1) is 11.7. The van der Waals surface area contributed by atoms with Crippen LogP contribution < -0.4 is 0 Å². The standard InChI is InChI=1S/C11H21NO2/c1-4-5-11(13)7-12-6-10(3)14-8-9(12)2/h9-10H,4-8H2,1-3H3. The van der Waals surface area contributed by atoms with E-state index in [9.17, 15) is 4.79 Å². The van der Waals surface area contributed by atoms with E-state index in [2.05, 4.69) is 18.7 Å². The van der Waals surface area contributed by atoms with Gasteiger partial charge in [0, 0.05) is 19.0 Å². The average Bonchev–Trinajstić information content (AvgIpc) is 2.12. The Morgan fingerprint density at radius 3 is 2.86 bits per heavy atom. The van der Waals surface area contributed by atoms with Gasteiger partial charge in [0.1, 0.15) is 5.78 Å². The molecule has 2 unspecified atom stereocenters. The summed E-state index contributed by atoms with van der Waals surface area (Å²) in [6.07, 6.45) is 1.92. The van der Waals surface area contributed by atoms with Gasteiger partial charge in [-0.3, -0.25) is 9.69 Å². The molecule has 2 atom stereocenters. The monoisotopic (exact) mass is 199 g/mol. The molecule has 0 saturated carbocycles. The average molecular weight is 199 g/mol. The smallest absolute Gasteiger partial charge is 0.146 e. The highest BCUT2D eigenvalue weighted by Gasteiger charge is 2.24. The Balaban J connectivity index is 2.37. The van der Waals surface area contributed by atoms with Crippen molar-refractivity contribution in [2.45, 2.75) is 45.8 Å². The molecule has 3 nitrogen and oxygen atoms in total. The minimum absolute atomic E-state index is 0.264. The lowest BCUT2D eigenvalue weighted by Crippen LogP contribution is -2.49. The van der Waals surface area contributed by atoms with Crippen molar-refractivity contribution in [1.82, 2.24) is 4.90 Å². The topological polar surface area (TPSA) is 29.5 Å². The van der Waals surface area contributed by atoms with Crippen LogP contribution in [0.2, 0.25) is 0 Å². The lowest BCUT2D eigenvalue weighted by atomic mass is 10.1. The first-order valence-electron chi connectivity index (χ1n) is 5.50. The van der Waals surface area contributed by atoms with Crippen LogP contribution in [-0.4, -0.2) is 42.5 Å². The van der Waals surface area contributed by atoms with Gasteiger partial charge in [-0.05, 0) is 20.3 Å². The number of nitrogens with zero attached hydrogens (tertiary/aromatic N) is 1. The minimum atomic E-state index is 0.264. The third-order valence-corrected chi connectivity index (χ3v) is 2.65. The van der Waals surface area contributed by atoms with Crippen LogP contribution in [0.3, 0.4) is 0 Å². The molecular formula is C11H21NO2. The summed E-state index contributed by atoms with van der Waals surface area (Å²) in [7, 11) is 0. The summed E-state index contributed by atoms with van der Waals surface area (Å²) in [5, 5.41) is 0. The predicted molar refractivity (Wildman–Crippen MR) is 56.4 cm³/mol. The maximum atomic E-state index is 11.5. The molecule has 0 radical (unpaired) electrons. The zero-order chi connectivity index (χ0) is 10.6. The van der Waals surface area contributed by atoms with Crippen LogP contribution in [-0.2, 0) is 9.53 Å². The molecule has 0 aromatic heterocycles. The fraction of sp³-hybridized carbons (Fsp3) is 0.909. The summed E-state index contributed by atoms with van der Waals surface area (Å²) in [6, 6.07) is 0.381. The molecule has 1 heterocycles. The summed E-state index contributed by atoms with van der Waals surface area (Å²) >= 11 is 0. The van der Waals surface area contributed by atoms with Gasteiger partial charge < -0.3 is 4.74 Å². The third-order valence-electron chi connectivity index (χ3n) is 2.65. The Morgan fingerprint density at radius 2 is 2.21 bits per heavy atom. The summed E-state index contributed by atoms with van der Waals surface area (Å²) in [4.78, 5) is 13.7. The molecule has 3 heteroatoms. The quantitative estimate of drug-likeness (QED) is 0.686. The van der Waals surface area contributed by atoms with Gasteiger partial charge in [-0.25, -0.2) is 0 Å². The van der Waals surface area contributed by atoms with Gasteiger partial charge in [-0.1, -0.05) is 6.92 Å². The van der Waals surface area contributed by atoms with Crippen molar-refractivity contribution in [2.24, 2.45) is 0 Å². The van der Waals surface area contributed by atoms with Gasteiger partial charge in [0.25, 0.3) is 0 Å². The van der Waals surface area contributed by atoms with Crippen molar-refractivity contribution in [1.29, 1.82) is 0 Å². The van der Waals surface area contributed by atoms with E-state index in [4.69, 9.17) is 4.74 Å². The van der Waals surface area contributed by atoms with Crippen LogP contribution in [0.15, 0.2) is 0 Å². The predicted octanol–water partition coefficient (Wildman–Crippen LogP) is 1.46. The van der Waals surface area contributed by atoms with Crippen LogP contribution >= 0.6 is 0 Å². The van der Waals surface area contributed by atoms with Gasteiger partial charge in [0.05, 0.1) is 19.3 Å². The lowest BCUT2D eigenvalue weighted by Gasteiger charge is -2.36. The molecule has 0 aromatic carbocycles. The summed E-state index contributed by atoms with van der Waals surface area (Å²) < 4.78 is 5.51. The molecule has 0 spiro atoms. The highest BCUT2D eigenvalue weighted by molar-refractivity contribution is 5.80. The van der Waals surface area contributed by atoms with E-state index >= 15 is 0 Å². The van der Waals surface area contributed by atoms with E-state index in [1.165, 1.54) is 0 Å². The Bertz CT molecular complexity index is 194. The van der Waals surface area contributed by atoms with E-state index < -0.39 is 0 Å². The zero-order valence-corrected chi connectivity index (χ0v) is 9.45. The highest BCUT2D eigenvalue weighted by Crippen LogP contribution is 2.11. The molecule has 1 aliphatic heterocycles. The van der Waals surface area contributed by atoms with Crippen molar-refractivity contribution in [3.05, 3.63) is 0 Å². The number of hydrogen-bond donors (Lipinski definition) is 0. The van der Waals surface area contributed by atoms with Crippen LogP contribution in [0.4, 0.5) is 0 Å². The van der Waals surface area contributed by atoms with Gasteiger partial charge in [-0.2, -0.15) is 0 Å². The van der Waals surface area contributed by atoms with Crippen molar-refractivity contribution in [2.75, 3.05) is 19.7 Å². The van der Waals surface area contributed by atoms with Crippen LogP contribution in [0.5, 0.6) is 0 Å². The van der Waals surface area contributed by atoms with Crippen molar-refractivity contribution >= 4 is 5.78 Å². The van der Waals surface area contributed by atoms with Gasteiger partial charge >= 0.3 is 0 Å². The molecule has 1 fully saturated rings. The van der Waals surface area contributed by atoms with Gasteiger partial charge in [0.2, 0.25) is 0 Å². The molecule has 0 N–H and O–H groups in total. The van der Waals surface area contributed by atoms with E-state index in [0.717, 1.165) is 19.6 Å². The Hall–Kier alpha value is -0.410. The first-order chi connectivity index (χ1) is 6.63. The van der Waals surface area contributed by atoms with E-state index in [1.807, 2.05) is 6.92 Å². The number of Topliss-reactive ketones (excluding diaryl/α,β-unsaturated/α-hetero) is 1. The molecule has 14 heavy (non-hydrogen) atoms. The highest BCUT2D eigenvalue weighted by atomic mass is 16.5. The molecule has 82 valence electrons. The maximum absolute atomic E-state index is 11.5. The Morgan fingerprint density at radius 1 is 1.50 bits per heavy atom. The molecule has 1 saturated heterocycles. The second-order valence-electron chi connectivity index (χ2n) is 4.21. The Kier molecular flexibility index (Phi) is 4.55. The van der Waals surface area contributed by atoms with E-state index in [1.54, 1.807) is 0 Å². The molecule has 0 aromatic rings. The fourth-order valence-corrected chi connectivity index (χ4v) is 1.78. The van der Waals surface area contributed by atoms with E-state index in [-0.39, 0.29) is 6.10 Å². The van der Waals surface area contributed by atoms with Crippen molar-refractivity contribution in [3.63, 3.8) is 0 Å². The zero-order valence-electron chi connectivity index (χ0n) is 9.45. The number of rotatable bonds is 4. The van der Waals surface area contributed by atoms with Crippen LogP contribution in [0.25, 0.3) is 0 Å². The van der Waals surface area contributed by atoms with Gasteiger partial charge in [0.15, 0.2) is 0 Å². The molecule has 0 aliphatic carbocycles. The van der Waals surface area contributed by atoms with Crippen molar-refractivity contribution < 1.29 is 9.53 Å². The third kappa shape index (κ3) is 3.39. The first-order valence-corrected chi connectivity index (χ1v) is 5.50. The lowest BCUT2D eigenvalue weighted by molar-refractivity contribution is -0.123. The molecule has 0 amide bonds. The van der Waals surface area contributed by atoms with Gasteiger partial charge in [-0.15, -0.1) is 0 Å².